The molecule has 8 aliphatic rings. The maximum Gasteiger partial charge on any atom is 0.111 e. The van der Waals surface area contributed by atoms with Crippen LogP contribution in [0, 0.1) is 56.2 Å². The highest BCUT2D eigenvalue weighted by Crippen LogP contribution is 2.79. The molecule has 9 rings (SSSR count). The molecular formula is C41H62O. The average Bonchev–Trinajstić information content (AvgIpc) is 3.81. The summed E-state index contributed by atoms with van der Waals surface area (Å²) in [5.41, 5.74) is 3.75. The number of rotatable bonds is 4. The van der Waals surface area contributed by atoms with Gasteiger partial charge in [0.2, 0.25) is 0 Å². The van der Waals surface area contributed by atoms with Crippen LogP contribution in [0.2, 0.25) is 0 Å². The molecule has 42 heavy (non-hydrogen) atoms. The zero-order valence-electron chi connectivity index (χ0n) is 27.9. The molecule has 4 spiro atoms. The van der Waals surface area contributed by atoms with Gasteiger partial charge in [0.05, 0.1) is 0 Å². The second-order valence-electron chi connectivity index (χ2n) is 19.5. The van der Waals surface area contributed by atoms with Crippen molar-refractivity contribution in [2.45, 2.75) is 174 Å². The average molecular weight is 571 g/mol. The van der Waals surface area contributed by atoms with Gasteiger partial charge < -0.3 is 4.42 Å². The molecule has 0 radical (unpaired) electrons. The van der Waals surface area contributed by atoms with E-state index in [1.807, 2.05) is 0 Å². The third-order valence-electron chi connectivity index (χ3n) is 18.7. The lowest BCUT2D eigenvalue weighted by atomic mass is 9.40. The molecule has 0 amide bonds. The Labute approximate surface area is 258 Å². The highest BCUT2D eigenvalue weighted by molar-refractivity contribution is 5.33. The Balaban J connectivity index is 1.06. The predicted octanol–water partition coefficient (Wildman–Crippen LogP) is 11.8. The fourth-order valence-corrected chi connectivity index (χ4v) is 16.5. The van der Waals surface area contributed by atoms with Crippen molar-refractivity contribution < 1.29 is 4.42 Å². The molecule has 232 valence electrons. The standard InChI is InChI=1S/C41H62O/c1-35(2)38(17-5-6-18-38)23-15-31(39(35)19-7-8-20-39)26-37(4)22-14-32(41(37)25-29-10-11-30(41)24-29)27-36(3)16-9-21-40(36)28-33-12-13-34(40)42-33/h12-13,29-32H,5-11,14-28H2,1-4H3. The number of fused-ring (bicyclic) bond motifs is 6. The SMILES string of the molecule is CC1(CC2CCC(C)(CC3CCC4(CCCC4)C(C)(C)C34CCCC4)C23CC2CCC3C2)CCCC12Cc1ccc2o1. The highest BCUT2D eigenvalue weighted by Gasteiger charge is 2.70. The van der Waals surface area contributed by atoms with Gasteiger partial charge in [-0.15, -0.1) is 0 Å². The molecule has 0 saturated heterocycles. The van der Waals surface area contributed by atoms with Crippen LogP contribution >= 0.6 is 0 Å². The lowest BCUT2D eigenvalue weighted by molar-refractivity contribution is -0.158. The van der Waals surface area contributed by atoms with E-state index in [9.17, 15) is 0 Å². The zero-order chi connectivity index (χ0) is 28.6. The third-order valence-corrected chi connectivity index (χ3v) is 18.7. The minimum atomic E-state index is 0.325. The Kier molecular flexibility index (Phi) is 5.75. The first-order chi connectivity index (χ1) is 20.1. The Morgan fingerprint density at radius 1 is 0.690 bits per heavy atom. The lowest BCUT2D eigenvalue weighted by Gasteiger charge is -2.65. The molecule has 2 heterocycles. The van der Waals surface area contributed by atoms with Crippen LogP contribution in [0.25, 0.3) is 0 Å². The van der Waals surface area contributed by atoms with Crippen LogP contribution in [0.15, 0.2) is 16.5 Å². The van der Waals surface area contributed by atoms with Gasteiger partial charge in [-0.3, -0.25) is 0 Å². The van der Waals surface area contributed by atoms with Gasteiger partial charge in [0.25, 0.3) is 0 Å². The van der Waals surface area contributed by atoms with Gasteiger partial charge in [0.15, 0.2) is 0 Å². The molecule has 1 aromatic heterocycles. The van der Waals surface area contributed by atoms with Crippen molar-refractivity contribution in [3.63, 3.8) is 0 Å². The monoisotopic (exact) mass is 570 g/mol. The molecule has 7 fully saturated rings. The normalized spacial score (nSPS) is 49.1. The van der Waals surface area contributed by atoms with Crippen LogP contribution in [-0.4, -0.2) is 0 Å². The summed E-state index contributed by atoms with van der Waals surface area (Å²) in [7, 11) is 0. The van der Waals surface area contributed by atoms with Gasteiger partial charge in [-0.2, -0.15) is 0 Å². The Morgan fingerprint density at radius 2 is 1.43 bits per heavy atom. The summed E-state index contributed by atoms with van der Waals surface area (Å²) in [5.74, 6) is 6.65. The van der Waals surface area contributed by atoms with E-state index in [0.717, 1.165) is 23.7 Å². The molecule has 7 aliphatic carbocycles. The summed E-state index contributed by atoms with van der Waals surface area (Å²) >= 11 is 0. The third kappa shape index (κ3) is 3.15. The van der Waals surface area contributed by atoms with Crippen molar-refractivity contribution in [1.82, 2.24) is 0 Å². The number of hydrogen-bond donors (Lipinski definition) is 0. The first-order valence-corrected chi connectivity index (χ1v) is 19.2. The van der Waals surface area contributed by atoms with Crippen molar-refractivity contribution >= 4 is 0 Å². The molecular weight excluding hydrogens is 508 g/mol. The fourth-order valence-electron chi connectivity index (χ4n) is 16.5. The predicted molar refractivity (Wildman–Crippen MR) is 172 cm³/mol. The molecule has 0 aromatic carbocycles. The van der Waals surface area contributed by atoms with Crippen molar-refractivity contribution in [3.8, 4) is 0 Å². The van der Waals surface area contributed by atoms with Crippen LogP contribution in [0.3, 0.4) is 0 Å². The number of furan rings is 1. The second-order valence-corrected chi connectivity index (χ2v) is 19.5. The van der Waals surface area contributed by atoms with Crippen LogP contribution in [-0.2, 0) is 11.8 Å². The Morgan fingerprint density at radius 3 is 2.10 bits per heavy atom. The van der Waals surface area contributed by atoms with E-state index in [-0.39, 0.29) is 0 Å². The highest BCUT2D eigenvalue weighted by atomic mass is 16.3. The number of hydrogen-bond acceptors (Lipinski definition) is 1. The smallest absolute Gasteiger partial charge is 0.111 e. The molecule has 8 unspecified atom stereocenters. The first-order valence-electron chi connectivity index (χ1n) is 19.2. The van der Waals surface area contributed by atoms with E-state index >= 15 is 0 Å². The van der Waals surface area contributed by atoms with Gasteiger partial charge in [0.1, 0.15) is 11.5 Å². The van der Waals surface area contributed by atoms with E-state index in [2.05, 4.69) is 39.8 Å². The second kappa shape index (κ2) is 8.75. The summed E-state index contributed by atoms with van der Waals surface area (Å²) in [6.07, 6.45) is 33.2. The van der Waals surface area contributed by atoms with E-state index in [1.165, 1.54) is 82.1 Å². The van der Waals surface area contributed by atoms with Gasteiger partial charge >= 0.3 is 0 Å². The largest absolute Gasteiger partial charge is 0.465 e. The lowest BCUT2D eigenvalue weighted by Crippen LogP contribution is -2.57. The van der Waals surface area contributed by atoms with E-state index in [4.69, 9.17) is 4.42 Å². The molecule has 1 heteroatoms. The topological polar surface area (TPSA) is 13.1 Å². The zero-order valence-corrected chi connectivity index (χ0v) is 27.9. The molecule has 8 atom stereocenters. The minimum Gasteiger partial charge on any atom is -0.465 e. The van der Waals surface area contributed by atoms with Crippen LogP contribution in [0.4, 0.5) is 0 Å². The van der Waals surface area contributed by atoms with Gasteiger partial charge in [-0.1, -0.05) is 66.2 Å². The quantitative estimate of drug-likeness (QED) is 0.351. The van der Waals surface area contributed by atoms with Crippen molar-refractivity contribution in [2.24, 2.45) is 56.2 Å². The van der Waals surface area contributed by atoms with Gasteiger partial charge in [-0.25, -0.2) is 0 Å². The molecule has 1 aromatic rings. The van der Waals surface area contributed by atoms with Crippen LogP contribution < -0.4 is 0 Å². The van der Waals surface area contributed by atoms with Crippen LogP contribution in [0.1, 0.15) is 174 Å². The summed E-state index contributed by atoms with van der Waals surface area (Å²) in [6.45, 7) is 11.3. The van der Waals surface area contributed by atoms with Crippen molar-refractivity contribution in [1.29, 1.82) is 0 Å². The maximum atomic E-state index is 6.41. The van der Waals surface area contributed by atoms with Crippen LogP contribution in [0.5, 0.6) is 0 Å². The minimum absolute atomic E-state index is 0.325. The molecule has 1 aliphatic heterocycles. The summed E-state index contributed by atoms with van der Waals surface area (Å²) < 4.78 is 6.41. The van der Waals surface area contributed by atoms with Crippen molar-refractivity contribution in [3.05, 3.63) is 23.7 Å². The Bertz CT molecular complexity index is 1220. The van der Waals surface area contributed by atoms with E-state index in [0.29, 0.717) is 37.9 Å². The van der Waals surface area contributed by atoms with E-state index < -0.39 is 0 Å². The summed E-state index contributed by atoms with van der Waals surface area (Å²) in [5, 5.41) is 0. The van der Waals surface area contributed by atoms with Crippen molar-refractivity contribution in [2.75, 3.05) is 0 Å². The summed E-state index contributed by atoms with van der Waals surface area (Å²) in [6, 6.07) is 4.65. The molecule has 0 N–H and O–H groups in total. The molecule has 1 nitrogen and oxygen atoms in total. The van der Waals surface area contributed by atoms with Gasteiger partial charge in [0, 0.05) is 11.8 Å². The maximum absolute atomic E-state index is 6.41. The molecule has 7 saturated carbocycles. The molecule has 4 bridgehead atoms. The van der Waals surface area contributed by atoms with Gasteiger partial charge in [-0.05, 0) is 165 Å². The summed E-state index contributed by atoms with van der Waals surface area (Å²) in [4.78, 5) is 0. The first kappa shape index (κ1) is 27.6. The Hall–Kier alpha value is -0.720. The fraction of sp³-hybridized carbons (Fsp3) is 0.902. The van der Waals surface area contributed by atoms with E-state index in [1.54, 1.807) is 70.6 Å².